The first-order valence-corrected chi connectivity index (χ1v) is 11.9. The Bertz CT molecular complexity index is 1160. The van der Waals surface area contributed by atoms with Crippen molar-refractivity contribution in [1.82, 2.24) is 9.62 Å². The van der Waals surface area contributed by atoms with Crippen LogP contribution in [0.5, 0.6) is 0 Å². The summed E-state index contributed by atoms with van der Waals surface area (Å²) in [5.41, 5.74) is 5.92. The highest BCUT2D eigenvalue weighted by molar-refractivity contribution is 7.89. The van der Waals surface area contributed by atoms with Crippen LogP contribution in [0.4, 0.5) is 0 Å². The Morgan fingerprint density at radius 3 is 2.10 bits per heavy atom. The summed E-state index contributed by atoms with van der Waals surface area (Å²) in [5.74, 6) is 0.234. The molecule has 0 aromatic heterocycles. The number of hydrogen-bond acceptors (Lipinski definition) is 3. The minimum atomic E-state index is -3.48. The van der Waals surface area contributed by atoms with E-state index in [2.05, 4.69) is 60.8 Å². The first-order chi connectivity index (χ1) is 14.4. The molecule has 0 spiro atoms. The van der Waals surface area contributed by atoms with Gasteiger partial charge in [-0.2, -0.15) is 4.31 Å². The lowest BCUT2D eigenvalue weighted by Gasteiger charge is -2.57. The molecule has 154 valence electrons. The molecular formula is C25H26N2O2S. The maximum atomic E-state index is 13.3. The Labute approximate surface area is 178 Å². The van der Waals surface area contributed by atoms with Crippen LogP contribution in [0.1, 0.15) is 22.6 Å². The Balaban J connectivity index is 1.41. The molecule has 0 aliphatic carbocycles. The van der Waals surface area contributed by atoms with E-state index >= 15 is 0 Å². The minimum absolute atomic E-state index is 0.0418. The number of hydrogen-bond donors (Lipinski definition) is 1. The van der Waals surface area contributed by atoms with E-state index in [9.17, 15) is 8.42 Å². The van der Waals surface area contributed by atoms with E-state index in [1.54, 1.807) is 16.4 Å². The van der Waals surface area contributed by atoms with Gasteiger partial charge in [-0.15, -0.1) is 0 Å². The number of nitrogens with one attached hydrogen (secondary N) is 1. The maximum absolute atomic E-state index is 13.3. The number of piperazine rings is 1. The zero-order chi connectivity index (χ0) is 20.9. The fourth-order valence-corrected chi connectivity index (χ4v) is 6.73. The molecule has 4 nitrogen and oxygen atoms in total. The van der Waals surface area contributed by atoms with Crippen LogP contribution in [0, 0.1) is 13.8 Å². The standard InChI is InChI=1S/C25H26N2O2S/c1-17-6-12-22(13-7-17)30(28,29)27-23-15-26-16-24(27)25(23)20-10-8-19(9-11-20)21-5-3-4-18(2)14-21/h3-14,23-26H,15-16H2,1-2H3/t23-,24+,25?. The van der Waals surface area contributed by atoms with Crippen molar-refractivity contribution in [2.75, 3.05) is 13.1 Å². The molecule has 1 N–H and O–H groups in total. The molecule has 3 aromatic rings. The van der Waals surface area contributed by atoms with Gasteiger partial charge in [0.05, 0.1) is 4.90 Å². The summed E-state index contributed by atoms with van der Waals surface area (Å²) in [4.78, 5) is 0.387. The lowest BCUT2D eigenvalue weighted by atomic mass is 9.74. The van der Waals surface area contributed by atoms with Crippen LogP contribution in [0.2, 0.25) is 0 Å². The maximum Gasteiger partial charge on any atom is 0.243 e. The first-order valence-electron chi connectivity index (χ1n) is 10.4. The molecule has 2 saturated heterocycles. The Morgan fingerprint density at radius 1 is 0.800 bits per heavy atom. The van der Waals surface area contributed by atoms with Crippen molar-refractivity contribution >= 4 is 10.0 Å². The predicted octanol–water partition coefficient (Wildman–Crippen LogP) is 4.10. The van der Waals surface area contributed by atoms with Gasteiger partial charge in [0, 0.05) is 31.1 Å². The third-order valence-corrected chi connectivity index (χ3v) is 8.40. The highest BCUT2D eigenvalue weighted by atomic mass is 32.2. The van der Waals surface area contributed by atoms with Gasteiger partial charge in [0.15, 0.2) is 0 Å². The van der Waals surface area contributed by atoms with Crippen molar-refractivity contribution in [3.05, 3.63) is 89.5 Å². The summed E-state index contributed by atoms with van der Waals surface area (Å²) in [6.07, 6.45) is 0. The monoisotopic (exact) mass is 418 g/mol. The molecule has 2 bridgehead atoms. The molecule has 1 unspecified atom stereocenters. The van der Waals surface area contributed by atoms with Gasteiger partial charge in [-0.1, -0.05) is 71.8 Å². The second kappa shape index (κ2) is 7.34. The van der Waals surface area contributed by atoms with Crippen LogP contribution in [0.25, 0.3) is 11.1 Å². The van der Waals surface area contributed by atoms with Crippen LogP contribution in [-0.4, -0.2) is 37.9 Å². The summed E-state index contributed by atoms with van der Waals surface area (Å²) in [6.45, 7) is 5.44. The number of fused-ring (bicyclic) bond motifs is 2. The molecule has 0 radical (unpaired) electrons. The fourth-order valence-electron chi connectivity index (χ4n) is 4.89. The van der Waals surface area contributed by atoms with Gasteiger partial charge in [-0.25, -0.2) is 8.42 Å². The van der Waals surface area contributed by atoms with Crippen LogP contribution >= 0.6 is 0 Å². The van der Waals surface area contributed by atoms with Crippen molar-refractivity contribution in [3.8, 4) is 11.1 Å². The van der Waals surface area contributed by atoms with Crippen molar-refractivity contribution in [3.63, 3.8) is 0 Å². The molecule has 2 aliphatic heterocycles. The molecule has 30 heavy (non-hydrogen) atoms. The number of benzene rings is 3. The van der Waals surface area contributed by atoms with Crippen molar-refractivity contribution in [2.45, 2.75) is 36.7 Å². The number of nitrogens with zero attached hydrogens (tertiary/aromatic N) is 1. The van der Waals surface area contributed by atoms with Gasteiger partial charge in [0.1, 0.15) is 0 Å². The van der Waals surface area contributed by atoms with Gasteiger partial charge in [-0.05, 0) is 42.7 Å². The summed E-state index contributed by atoms with van der Waals surface area (Å²) >= 11 is 0. The minimum Gasteiger partial charge on any atom is -0.313 e. The zero-order valence-corrected chi connectivity index (χ0v) is 18.1. The number of aryl methyl sites for hydroxylation is 2. The van der Waals surface area contributed by atoms with Gasteiger partial charge in [0.25, 0.3) is 0 Å². The van der Waals surface area contributed by atoms with Crippen LogP contribution < -0.4 is 5.32 Å². The van der Waals surface area contributed by atoms with Crippen molar-refractivity contribution < 1.29 is 8.42 Å². The Hall–Kier alpha value is -2.47. The average molecular weight is 419 g/mol. The normalized spacial score (nSPS) is 23.7. The SMILES string of the molecule is Cc1ccc(S(=O)(=O)N2[C@@H]3CNC[C@H]2C3c2ccc(-c3cccc(C)c3)cc2)cc1. The van der Waals surface area contributed by atoms with Gasteiger partial charge in [0.2, 0.25) is 10.0 Å². The molecule has 2 heterocycles. The van der Waals surface area contributed by atoms with E-state index in [-0.39, 0.29) is 18.0 Å². The molecule has 2 aliphatic rings. The van der Waals surface area contributed by atoms with Crippen LogP contribution in [0.15, 0.2) is 77.7 Å². The van der Waals surface area contributed by atoms with E-state index < -0.39 is 10.0 Å². The quantitative estimate of drug-likeness (QED) is 0.694. The van der Waals surface area contributed by atoms with Gasteiger partial charge in [-0.3, -0.25) is 0 Å². The highest BCUT2D eigenvalue weighted by Crippen LogP contribution is 2.46. The van der Waals surface area contributed by atoms with E-state index in [1.807, 2.05) is 19.1 Å². The van der Waals surface area contributed by atoms with E-state index in [0.29, 0.717) is 18.0 Å². The number of rotatable bonds is 4. The smallest absolute Gasteiger partial charge is 0.243 e. The summed E-state index contributed by atoms with van der Waals surface area (Å²) in [5, 5.41) is 3.38. The third-order valence-electron chi connectivity index (χ3n) is 6.43. The molecular weight excluding hydrogens is 392 g/mol. The second-order valence-electron chi connectivity index (χ2n) is 8.46. The molecule has 2 fully saturated rings. The Morgan fingerprint density at radius 2 is 1.47 bits per heavy atom. The van der Waals surface area contributed by atoms with Crippen LogP contribution in [-0.2, 0) is 10.0 Å². The van der Waals surface area contributed by atoms with Gasteiger partial charge >= 0.3 is 0 Å². The van der Waals surface area contributed by atoms with Gasteiger partial charge < -0.3 is 5.32 Å². The topological polar surface area (TPSA) is 49.4 Å². The first kappa shape index (κ1) is 19.5. The van der Waals surface area contributed by atoms with Crippen LogP contribution in [0.3, 0.4) is 0 Å². The van der Waals surface area contributed by atoms with Crippen molar-refractivity contribution in [1.29, 1.82) is 0 Å². The van der Waals surface area contributed by atoms with Crippen molar-refractivity contribution in [2.24, 2.45) is 0 Å². The summed E-state index contributed by atoms with van der Waals surface area (Å²) < 4.78 is 28.3. The number of piperidine rings is 1. The van der Waals surface area contributed by atoms with E-state index in [0.717, 1.165) is 5.56 Å². The third kappa shape index (κ3) is 3.18. The summed E-state index contributed by atoms with van der Waals surface area (Å²) in [7, 11) is -3.48. The largest absolute Gasteiger partial charge is 0.313 e. The highest BCUT2D eigenvalue weighted by Gasteiger charge is 2.56. The molecule has 0 saturated carbocycles. The zero-order valence-electron chi connectivity index (χ0n) is 17.2. The fraction of sp³-hybridized carbons (Fsp3) is 0.280. The average Bonchev–Trinajstić information content (AvgIpc) is 2.75. The molecule has 3 aromatic carbocycles. The predicted molar refractivity (Wildman–Crippen MR) is 120 cm³/mol. The Kier molecular flexibility index (Phi) is 4.77. The molecule has 0 amide bonds. The van der Waals surface area contributed by atoms with E-state index in [1.165, 1.54) is 22.3 Å². The lowest BCUT2D eigenvalue weighted by Crippen LogP contribution is -2.73. The molecule has 3 atom stereocenters. The second-order valence-corrected chi connectivity index (χ2v) is 10.3. The summed E-state index contributed by atoms with van der Waals surface area (Å²) in [6, 6.07) is 24.2. The molecule has 5 heteroatoms. The lowest BCUT2D eigenvalue weighted by molar-refractivity contribution is 0.0370. The number of sulfonamides is 1. The molecule has 5 rings (SSSR count). The van der Waals surface area contributed by atoms with E-state index in [4.69, 9.17) is 0 Å².